The number of hydrogen-bond donors (Lipinski definition) is 2. The lowest BCUT2D eigenvalue weighted by molar-refractivity contribution is 0.289. The summed E-state index contributed by atoms with van der Waals surface area (Å²) >= 11 is 6.05. The highest BCUT2D eigenvalue weighted by Gasteiger charge is 2.19. The van der Waals surface area contributed by atoms with Gasteiger partial charge in [-0.25, -0.2) is 0 Å². The fraction of sp³-hybridized carbons (Fsp3) is 0.615. The summed E-state index contributed by atoms with van der Waals surface area (Å²) < 4.78 is 0. The molecule has 0 unspecified atom stereocenters. The Morgan fingerprint density at radius 2 is 2.00 bits per heavy atom. The number of pyridine rings is 1. The number of nitrogens with zero attached hydrogens (tertiary/aromatic N) is 1. The van der Waals surface area contributed by atoms with Crippen LogP contribution in [0.4, 0.5) is 5.69 Å². The fourth-order valence-electron chi connectivity index (χ4n) is 2.44. The lowest BCUT2D eigenvalue weighted by Gasteiger charge is -2.28. The Balaban J connectivity index is 1.78. The topological polar surface area (TPSA) is 50.9 Å². The summed E-state index contributed by atoms with van der Waals surface area (Å²) in [4.78, 5) is 3.97. The second kappa shape index (κ2) is 6.22. The minimum absolute atomic E-state index is 0.697. The average molecular weight is 254 g/mol. The molecule has 1 aromatic heterocycles. The number of halogens is 1. The molecule has 1 fully saturated rings. The molecule has 0 amide bonds. The van der Waals surface area contributed by atoms with Gasteiger partial charge in [0.15, 0.2) is 0 Å². The first-order chi connectivity index (χ1) is 8.29. The van der Waals surface area contributed by atoms with E-state index in [9.17, 15) is 0 Å². The SMILES string of the molecule is NCC1CCC(CNc2ccncc2Cl)CC1. The van der Waals surface area contributed by atoms with Crippen LogP contribution < -0.4 is 11.1 Å². The molecular weight excluding hydrogens is 234 g/mol. The van der Waals surface area contributed by atoms with E-state index < -0.39 is 0 Å². The second-order valence-electron chi connectivity index (χ2n) is 4.86. The van der Waals surface area contributed by atoms with Crippen LogP contribution in [0.25, 0.3) is 0 Å². The van der Waals surface area contributed by atoms with Gasteiger partial charge in [-0.15, -0.1) is 0 Å². The van der Waals surface area contributed by atoms with Crippen molar-refractivity contribution in [3.05, 3.63) is 23.5 Å². The second-order valence-corrected chi connectivity index (χ2v) is 5.27. The van der Waals surface area contributed by atoms with Crippen LogP contribution in [-0.4, -0.2) is 18.1 Å². The molecule has 0 bridgehead atoms. The Labute approximate surface area is 108 Å². The predicted molar refractivity (Wildman–Crippen MR) is 72.2 cm³/mol. The lowest BCUT2D eigenvalue weighted by atomic mass is 9.82. The first-order valence-corrected chi connectivity index (χ1v) is 6.71. The molecule has 1 aromatic rings. The van der Waals surface area contributed by atoms with Crippen LogP contribution >= 0.6 is 11.6 Å². The summed E-state index contributed by atoms with van der Waals surface area (Å²) in [5.41, 5.74) is 6.68. The molecule has 2 rings (SSSR count). The zero-order valence-electron chi connectivity index (χ0n) is 10.0. The summed E-state index contributed by atoms with van der Waals surface area (Å²) in [5, 5.41) is 4.11. The molecule has 3 nitrogen and oxygen atoms in total. The number of hydrogen-bond acceptors (Lipinski definition) is 3. The molecule has 4 heteroatoms. The van der Waals surface area contributed by atoms with E-state index in [0.717, 1.165) is 30.6 Å². The van der Waals surface area contributed by atoms with Crippen molar-refractivity contribution in [3.8, 4) is 0 Å². The molecule has 1 saturated carbocycles. The summed E-state index contributed by atoms with van der Waals surface area (Å²) in [5.74, 6) is 1.50. The van der Waals surface area contributed by atoms with E-state index >= 15 is 0 Å². The molecule has 1 heterocycles. The summed E-state index contributed by atoms with van der Waals surface area (Å²) in [6.45, 7) is 1.84. The van der Waals surface area contributed by atoms with Crippen LogP contribution in [0.15, 0.2) is 18.5 Å². The lowest BCUT2D eigenvalue weighted by Crippen LogP contribution is -2.25. The van der Waals surface area contributed by atoms with Crippen molar-refractivity contribution in [1.29, 1.82) is 0 Å². The molecule has 17 heavy (non-hydrogen) atoms. The van der Waals surface area contributed by atoms with Gasteiger partial charge < -0.3 is 11.1 Å². The zero-order chi connectivity index (χ0) is 12.1. The minimum Gasteiger partial charge on any atom is -0.383 e. The van der Waals surface area contributed by atoms with E-state index in [2.05, 4.69) is 10.3 Å². The van der Waals surface area contributed by atoms with Crippen molar-refractivity contribution in [2.24, 2.45) is 17.6 Å². The minimum atomic E-state index is 0.697. The number of rotatable bonds is 4. The van der Waals surface area contributed by atoms with E-state index in [1.54, 1.807) is 12.4 Å². The number of anilines is 1. The quantitative estimate of drug-likeness (QED) is 0.868. The molecule has 0 aromatic carbocycles. The molecule has 0 aliphatic heterocycles. The van der Waals surface area contributed by atoms with Crippen LogP contribution in [0.3, 0.4) is 0 Å². The molecule has 0 spiro atoms. The maximum Gasteiger partial charge on any atom is 0.0820 e. The van der Waals surface area contributed by atoms with Gasteiger partial charge >= 0.3 is 0 Å². The van der Waals surface area contributed by atoms with Gasteiger partial charge in [0.05, 0.1) is 10.7 Å². The Kier molecular flexibility index (Phi) is 4.63. The smallest absolute Gasteiger partial charge is 0.0820 e. The van der Waals surface area contributed by atoms with Gasteiger partial charge in [-0.2, -0.15) is 0 Å². The number of nitrogens with two attached hydrogens (primary N) is 1. The van der Waals surface area contributed by atoms with Crippen molar-refractivity contribution >= 4 is 17.3 Å². The third-order valence-electron chi connectivity index (χ3n) is 3.65. The largest absolute Gasteiger partial charge is 0.383 e. The van der Waals surface area contributed by atoms with E-state index in [4.69, 9.17) is 17.3 Å². The van der Waals surface area contributed by atoms with Gasteiger partial charge in [-0.05, 0) is 50.1 Å². The highest BCUT2D eigenvalue weighted by atomic mass is 35.5. The molecule has 0 atom stereocenters. The van der Waals surface area contributed by atoms with Crippen molar-refractivity contribution < 1.29 is 0 Å². The molecule has 0 saturated heterocycles. The monoisotopic (exact) mass is 253 g/mol. The molecule has 1 aliphatic rings. The standard InChI is InChI=1S/C13H20ClN3/c14-12-9-16-6-5-13(12)17-8-11-3-1-10(7-15)2-4-11/h5-6,9-11H,1-4,7-8,15H2,(H,16,17). The number of aromatic nitrogens is 1. The van der Waals surface area contributed by atoms with Crippen LogP contribution in [0.2, 0.25) is 5.02 Å². The predicted octanol–water partition coefficient (Wildman–Crippen LogP) is 2.91. The van der Waals surface area contributed by atoms with Gasteiger partial charge in [-0.1, -0.05) is 11.6 Å². The van der Waals surface area contributed by atoms with E-state index in [0.29, 0.717) is 5.02 Å². The Bertz CT molecular complexity index is 348. The van der Waals surface area contributed by atoms with Crippen molar-refractivity contribution in [2.45, 2.75) is 25.7 Å². The van der Waals surface area contributed by atoms with Crippen molar-refractivity contribution in [1.82, 2.24) is 4.98 Å². The van der Waals surface area contributed by atoms with Crippen molar-refractivity contribution in [3.63, 3.8) is 0 Å². The van der Waals surface area contributed by atoms with E-state index in [-0.39, 0.29) is 0 Å². The Morgan fingerprint density at radius 3 is 2.65 bits per heavy atom. The zero-order valence-corrected chi connectivity index (χ0v) is 10.8. The maximum atomic E-state index is 6.05. The van der Waals surface area contributed by atoms with E-state index in [1.165, 1.54) is 25.7 Å². The molecule has 3 N–H and O–H groups in total. The Hall–Kier alpha value is -0.800. The first kappa shape index (κ1) is 12.7. The third kappa shape index (κ3) is 3.58. The molecular formula is C13H20ClN3. The van der Waals surface area contributed by atoms with Crippen LogP contribution in [0.1, 0.15) is 25.7 Å². The third-order valence-corrected chi connectivity index (χ3v) is 3.95. The number of nitrogens with one attached hydrogen (secondary N) is 1. The first-order valence-electron chi connectivity index (χ1n) is 6.33. The van der Waals surface area contributed by atoms with Gasteiger partial charge in [0, 0.05) is 18.9 Å². The summed E-state index contributed by atoms with van der Waals surface area (Å²) in [6, 6.07) is 1.92. The highest BCUT2D eigenvalue weighted by molar-refractivity contribution is 6.33. The molecule has 1 aliphatic carbocycles. The van der Waals surface area contributed by atoms with Gasteiger partial charge in [0.2, 0.25) is 0 Å². The molecule has 0 radical (unpaired) electrons. The maximum absolute atomic E-state index is 6.05. The molecule has 94 valence electrons. The van der Waals surface area contributed by atoms with Crippen LogP contribution in [-0.2, 0) is 0 Å². The normalized spacial score (nSPS) is 24.6. The van der Waals surface area contributed by atoms with Crippen molar-refractivity contribution in [2.75, 3.05) is 18.4 Å². The summed E-state index contributed by atoms with van der Waals surface area (Å²) in [7, 11) is 0. The van der Waals surface area contributed by atoms with E-state index in [1.807, 2.05) is 6.07 Å². The summed E-state index contributed by atoms with van der Waals surface area (Å²) in [6.07, 6.45) is 8.53. The van der Waals surface area contributed by atoms with Crippen LogP contribution in [0, 0.1) is 11.8 Å². The average Bonchev–Trinajstić information content (AvgIpc) is 2.38. The van der Waals surface area contributed by atoms with Gasteiger partial charge in [0.1, 0.15) is 0 Å². The highest BCUT2D eigenvalue weighted by Crippen LogP contribution is 2.29. The van der Waals surface area contributed by atoms with Crippen LogP contribution in [0.5, 0.6) is 0 Å². The van der Waals surface area contributed by atoms with Gasteiger partial charge in [0.25, 0.3) is 0 Å². The Morgan fingerprint density at radius 1 is 1.29 bits per heavy atom. The van der Waals surface area contributed by atoms with Gasteiger partial charge in [-0.3, -0.25) is 4.98 Å². The fourth-order valence-corrected chi connectivity index (χ4v) is 2.63.